The summed E-state index contributed by atoms with van der Waals surface area (Å²) in [5.41, 5.74) is 3.63. The summed E-state index contributed by atoms with van der Waals surface area (Å²) in [5.74, 6) is -0.0238. The van der Waals surface area contributed by atoms with E-state index in [2.05, 4.69) is 29.6 Å². The number of rotatable bonds is 6. The number of hydrogen-bond donors (Lipinski definition) is 1. The molecular formula is C24H22N2O. The highest BCUT2D eigenvalue weighted by molar-refractivity contribution is 6.12. The third kappa shape index (κ3) is 4.14. The van der Waals surface area contributed by atoms with Crippen molar-refractivity contribution in [3.8, 4) is 0 Å². The molecule has 0 bridgehead atoms. The van der Waals surface area contributed by atoms with Crippen molar-refractivity contribution >= 4 is 11.6 Å². The van der Waals surface area contributed by atoms with Crippen molar-refractivity contribution in [3.05, 3.63) is 108 Å². The summed E-state index contributed by atoms with van der Waals surface area (Å²) >= 11 is 0. The average Bonchev–Trinajstić information content (AvgIpc) is 3.50. The minimum atomic E-state index is -0.221. The molecule has 134 valence electrons. The van der Waals surface area contributed by atoms with Gasteiger partial charge in [0.15, 0.2) is 0 Å². The fraction of sp³-hybridized carbons (Fsp3) is 0.167. The van der Waals surface area contributed by atoms with E-state index in [1.165, 1.54) is 0 Å². The second-order valence-electron chi connectivity index (χ2n) is 7.00. The van der Waals surface area contributed by atoms with Gasteiger partial charge in [-0.15, -0.1) is 0 Å². The van der Waals surface area contributed by atoms with Gasteiger partial charge in [0.25, 0.3) is 5.91 Å². The molecule has 0 unspecified atom stereocenters. The summed E-state index contributed by atoms with van der Waals surface area (Å²) in [6.07, 6.45) is 1.93. The fourth-order valence-electron chi connectivity index (χ4n) is 3.15. The maximum atomic E-state index is 12.5. The lowest BCUT2D eigenvalue weighted by atomic mass is 10.0. The molecule has 0 spiro atoms. The number of aliphatic imine (C=N–C) groups is 1. The second-order valence-corrected chi connectivity index (χ2v) is 7.00. The van der Waals surface area contributed by atoms with E-state index in [-0.39, 0.29) is 11.4 Å². The van der Waals surface area contributed by atoms with Crippen LogP contribution < -0.4 is 5.32 Å². The Labute approximate surface area is 159 Å². The van der Waals surface area contributed by atoms with Gasteiger partial charge in [0.05, 0.1) is 17.8 Å². The lowest BCUT2D eigenvalue weighted by Crippen LogP contribution is -2.39. The first kappa shape index (κ1) is 17.2. The van der Waals surface area contributed by atoms with Crippen molar-refractivity contribution < 1.29 is 4.79 Å². The molecule has 0 heterocycles. The Hall–Kier alpha value is -3.20. The quantitative estimate of drug-likeness (QED) is 0.651. The van der Waals surface area contributed by atoms with E-state index >= 15 is 0 Å². The smallest absolute Gasteiger partial charge is 0.251 e. The van der Waals surface area contributed by atoms with Gasteiger partial charge < -0.3 is 5.32 Å². The molecule has 3 aromatic carbocycles. The third-order valence-corrected chi connectivity index (χ3v) is 4.90. The van der Waals surface area contributed by atoms with Crippen molar-refractivity contribution in [1.29, 1.82) is 0 Å². The minimum absolute atomic E-state index is 0.0238. The highest BCUT2D eigenvalue weighted by atomic mass is 16.1. The van der Waals surface area contributed by atoms with Gasteiger partial charge in [-0.05, 0) is 25.0 Å². The first-order valence-corrected chi connectivity index (χ1v) is 9.29. The van der Waals surface area contributed by atoms with Crippen LogP contribution in [-0.2, 0) is 0 Å². The predicted octanol–water partition coefficient (Wildman–Crippen LogP) is 4.49. The zero-order valence-electron chi connectivity index (χ0n) is 15.1. The van der Waals surface area contributed by atoms with Gasteiger partial charge >= 0.3 is 0 Å². The highest BCUT2D eigenvalue weighted by Crippen LogP contribution is 2.36. The van der Waals surface area contributed by atoms with Gasteiger partial charge in [0, 0.05) is 16.7 Å². The Morgan fingerprint density at radius 2 is 1.19 bits per heavy atom. The van der Waals surface area contributed by atoms with Crippen LogP contribution in [0.3, 0.4) is 0 Å². The van der Waals surface area contributed by atoms with Crippen molar-refractivity contribution in [2.24, 2.45) is 4.99 Å². The molecular weight excluding hydrogens is 332 g/mol. The molecule has 0 radical (unpaired) electrons. The lowest BCUT2D eigenvalue weighted by molar-refractivity contribution is 0.0933. The number of benzene rings is 3. The number of hydrogen-bond acceptors (Lipinski definition) is 2. The van der Waals surface area contributed by atoms with Gasteiger partial charge in [-0.3, -0.25) is 9.79 Å². The molecule has 3 aromatic rings. The van der Waals surface area contributed by atoms with Crippen LogP contribution in [0.4, 0.5) is 0 Å². The molecule has 4 rings (SSSR count). The van der Waals surface area contributed by atoms with Crippen LogP contribution >= 0.6 is 0 Å². The van der Waals surface area contributed by atoms with Gasteiger partial charge in [-0.25, -0.2) is 0 Å². The summed E-state index contributed by atoms with van der Waals surface area (Å²) in [4.78, 5) is 17.5. The number of carbonyl (C=O) groups excluding carboxylic acids is 1. The Morgan fingerprint density at radius 3 is 1.63 bits per heavy atom. The van der Waals surface area contributed by atoms with Crippen LogP contribution in [0.5, 0.6) is 0 Å². The van der Waals surface area contributed by atoms with E-state index in [9.17, 15) is 4.79 Å². The van der Waals surface area contributed by atoms with E-state index in [0.717, 1.165) is 29.7 Å². The standard InChI is InChI=1S/C24H22N2O/c27-23(21-14-8-3-9-15-21)26-24(16-17-24)18-25-22(19-10-4-1-5-11-19)20-12-6-2-7-13-20/h1-15H,16-18H2,(H,26,27). The summed E-state index contributed by atoms with van der Waals surface area (Å²) in [6.45, 7) is 0.588. The summed E-state index contributed by atoms with van der Waals surface area (Å²) < 4.78 is 0. The topological polar surface area (TPSA) is 41.5 Å². The maximum absolute atomic E-state index is 12.5. The summed E-state index contributed by atoms with van der Waals surface area (Å²) in [6, 6.07) is 29.8. The van der Waals surface area contributed by atoms with Crippen LogP contribution in [0, 0.1) is 0 Å². The van der Waals surface area contributed by atoms with Crippen molar-refractivity contribution in [2.75, 3.05) is 6.54 Å². The normalized spacial score (nSPS) is 14.2. The summed E-state index contributed by atoms with van der Waals surface area (Å²) in [7, 11) is 0. The largest absolute Gasteiger partial charge is 0.345 e. The van der Waals surface area contributed by atoms with Crippen molar-refractivity contribution in [1.82, 2.24) is 5.32 Å². The lowest BCUT2D eigenvalue weighted by Gasteiger charge is -2.17. The zero-order valence-corrected chi connectivity index (χ0v) is 15.1. The predicted molar refractivity (Wildman–Crippen MR) is 109 cm³/mol. The first-order chi connectivity index (χ1) is 13.3. The number of amides is 1. The molecule has 1 amide bonds. The molecule has 3 heteroatoms. The van der Waals surface area contributed by atoms with Gasteiger partial charge in [-0.1, -0.05) is 78.9 Å². The molecule has 27 heavy (non-hydrogen) atoms. The van der Waals surface area contributed by atoms with E-state index in [0.29, 0.717) is 12.1 Å². The van der Waals surface area contributed by atoms with Gasteiger partial charge in [-0.2, -0.15) is 0 Å². The molecule has 1 N–H and O–H groups in total. The van der Waals surface area contributed by atoms with Crippen LogP contribution in [0.1, 0.15) is 34.3 Å². The zero-order chi connectivity index (χ0) is 18.5. The van der Waals surface area contributed by atoms with Crippen LogP contribution in [0.2, 0.25) is 0 Å². The molecule has 0 aliphatic heterocycles. The molecule has 0 aromatic heterocycles. The van der Waals surface area contributed by atoms with Gasteiger partial charge in [0.1, 0.15) is 0 Å². The molecule has 1 aliphatic carbocycles. The van der Waals surface area contributed by atoms with Crippen LogP contribution in [-0.4, -0.2) is 23.7 Å². The molecule has 0 atom stereocenters. The Bertz CT molecular complexity index is 888. The molecule has 1 aliphatic rings. The van der Waals surface area contributed by atoms with E-state index in [4.69, 9.17) is 4.99 Å². The van der Waals surface area contributed by atoms with Crippen molar-refractivity contribution in [3.63, 3.8) is 0 Å². The van der Waals surface area contributed by atoms with Crippen LogP contribution in [0.25, 0.3) is 0 Å². The Morgan fingerprint density at radius 1 is 0.741 bits per heavy atom. The molecule has 0 saturated heterocycles. The van der Waals surface area contributed by atoms with Crippen molar-refractivity contribution in [2.45, 2.75) is 18.4 Å². The summed E-state index contributed by atoms with van der Waals surface area (Å²) in [5, 5.41) is 3.20. The number of nitrogens with zero attached hydrogens (tertiary/aromatic N) is 1. The Balaban J connectivity index is 1.56. The minimum Gasteiger partial charge on any atom is -0.345 e. The number of nitrogens with one attached hydrogen (secondary N) is 1. The van der Waals surface area contributed by atoms with E-state index in [1.54, 1.807) is 0 Å². The molecule has 3 nitrogen and oxygen atoms in total. The SMILES string of the molecule is O=C(NC1(CN=C(c2ccccc2)c2ccccc2)CC1)c1ccccc1. The van der Waals surface area contributed by atoms with Crippen LogP contribution in [0.15, 0.2) is 96.0 Å². The third-order valence-electron chi connectivity index (χ3n) is 4.90. The fourth-order valence-corrected chi connectivity index (χ4v) is 3.15. The van der Waals surface area contributed by atoms with Gasteiger partial charge in [0.2, 0.25) is 0 Å². The molecule has 1 saturated carbocycles. The highest BCUT2D eigenvalue weighted by Gasteiger charge is 2.44. The Kier molecular flexibility index (Phi) is 4.84. The maximum Gasteiger partial charge on any atom is 0.251 e. The second kappa shape index (κ2) is 7.58. The average molecular weight is 354 g/mol. The van der Waals surface area contributed by atoms with E-state index < -0.39 is 0 Å². The monoisotopic (exact) mass is 354 g/mol. The first-order valence-electron chi connectivity index (χ1n) is 9.29. The molecule has 1 fully saturated rings. The van der Waals surface area contributed by atoms with E-state index in [1.807, 2.05) is 66.7 Å². The number of carbonyl (C=O) groups is 1.